The van der Waals surface area contributed by atoms with E-state index in [2.05, 4.69) is 24.1 Å². The van der Waals surface area contributed by atoms with Gasteiger partial charge in [-0.05, 0) is 50.3 Å². The normalized spacial score (nSPS) is 14.0. The lowest BCUT2D eigenvalue weighted by molar-refractivity contribution is -0.127. The van der Waals surface area contributed by atoms with Crippen molar-refractivity contribution < 1.29 is 19.4 Å². The smallest absolute Gasteiger partial charge is 0.340 e. The SMILES string of the molecule is CC(C)C[C@H](C[C@H](O)[C@H](Cc1ccccc1)OC(=O)c1cnc2ccccc2c1)C(=O)NC(C)C. The Morgan fingerprint density at radius 1 is 0.971 bits per heavy atom. The number of amides is 1. The second kappa shape index (κ2) is 12.5. The van der Waals surface area contributed by atoms with Crippen molar-refractivity contribution in [2.45, 2.75) is 65.2 Å². The summed E-state index contributed by atoms with van der Waals surface area (Å²) < 4.78 is 5.86. The van der Waals surface area contributed by atoms with Gasteiger partial charge in [0.05, 0.1) is 17.2 Å². The molecule has 1 aromatic heterocycles. The minimum absolute atomic E-state index is 0.00709. The lowest BCUT2D eigenvalue weighted by Gasteiger charge is -2.28. The van der Waals surface area contributed by atoms with Crippen LogP contribution in [0.1, 0.15) is 56.5 Å². The predicted molar refractivity (Wildman–Crippen MR) is 138 cm³/mol. The molecule has 6 nitrogen and oxygen atoms in total. The van der Waals surface area contributed by atoms with E-state index < -0.39 is 18.2 Å². The van der Waals surface area contributed by atoms with Crippen molar-refractivity contribution >= 4 is 22.8 Å². The molecule has 0 unspecified atom stereocenters. The van der Waals surface area contributed by atoms with E-state index in [0.29, 0.717) is 18.4 Å². The third-order valence-electron chi connectivity index (χ3n) is 5.88. The zero-order valence-corrected chi connectivity index (χ0v) is 21.0. The number of benzene rings is 2. The number of carbonyl (C=O) groups excluding carboxylic acids is 2. The number of pyridine rings is 1. The largest absolute Gasteiger partial charge is 0.456 e. The average Bonchev–Trinajstić information content (AvgIpc) is 2.82. The molecule has 0 radical (unpaired) electrons. The Morgan fingerprint density at radius 2 is 1.66 bits per heavy atom. The van der Waals surface area contributed by atoms with Crippen molar-refractivity contribution in [2.75, 3.05) is 0 Å². The number of aromatic nitrogens is 1. The highest BCUT2D eigenvalue weighted by Gasteiger charge is 2.31. The maximum Gasteiger partial charge on any atom is 0.340 e. The number of rotatable bonds is 11. The Morgan fingerprint density at radius 3 is 2.34 bits per heavy atom. The number of nitrogens with zero attached hydrogens (tertiary/aromatic N) is 1. The number of ether oxygens (including phenoxy) is 1. The fourth-order valence-corrected chi connectivity index (χ4v) is 4.22. The van der Waals surface area contributed by atoms with Crippen LogP contribution in [0.2, 0.25) is 0 Å². The molecule has 0 bridgehead atoms. The van der Waals surface area contributed by atoms with Crippen molar-refractivity contribution in [1.82, 2.24) is 10.3 Å². The molecule has 3 atom stereocenters. The van der Waals surface area contributed by atoms with Crippen LogP contribution in [0.5, 0.6) is 0 Å². The lowest BCUT2D eigenvalue weighted by atomic mass is 9.88. The van der Waals surface area contributed by atoms with Gasteiger partial charge in [-0.1, -0.05) is 62.4 Å². The Labute approximate surface area is 207 Å². The number of carbonyl (C=O) groups is 2. The summed E-state index contributed by atoms with van der Waals surface area (Å²) >= 11 is 0. The summed E-state index contributed by atoms with van der Waals surface area (Å²) in [6.07, 6.45) is 0.865. The molecular formula is C29H36N2O4. The highest BCUT2D eigenvalue weighted by molar-refractivity contribution is 5.93. The van der Waals surface area contributed by atoms with Crippen molar-refractivity contribution in [1.29, 1.82) is 0 Å². The molecular weight excluding hydrogens is 440 g/mol. The van der Waals surface area contributed by atoms with Gasteiger partial charge in [-0.2, -0.15) is 0 Å². The van der Waals surface area contributed by atoms with E-state index in [9.17, 15) is 14.7 Å². The van der Waals surface area contributed by atoms with Gasteiger partial charge in [0.25, 0.3) is 0 Å². The first-order valence-electron chi connectivity index (χ1n) is 12.3. The summed E-state index contributed by atoms with van der Waals surface area (Å²) in [4.78, 5) is 30.3. The molecule has 0 aliphatic heterocycles. The molecule has 0 spiro atoms. The number of esters is 1. The highest BCUT2D eigenvalue weighted by Crippen LogP contribution is 2.23. The van der Waals surface area contributed by atoms with E-state index in [1.165, 1.54) is 6.20 Å². The van der Waals surface area contributed by atoms with Crippen LogP contribution in [0, 0.1) is 11.8 Å². The van der Waals surface area contributed by atoms with Crippen LogP contribution in [0.4, 0.5) is 0 Å². The third-order valence-corrected chi connectivity index (χ3v) is 5.88. The highest BCUT2D eigenvalue weighted by atomic mass is 16.6. The topological polar surface area (TPSA) is 88.5 Å². The Balaban J connectivity index is 1.81. The van der Waals surface area contributed by atoms with E-state index in [1.54, 1.807) is 6.07 Å². The molecule has 0 fully saturated rings. The molecule has 6 heteroatoms. The van der Waals surface area contributed by atoms with E-state index in [-0.39, 0.29) is 30.2 Å². The minimum atomic E-state index is -1.01. The summed E-state index contributed by atoms with van der Waals surface area (Å²) in [6, 6.07) is 18.9. The van der Waals surface area contributed by atoms with Gasteiger partial charge in [0.1, 0.15) is 6.10 Å². The van der Waals surface area contributed by atoms with Gasteiger partial charge >= 0.3 is 5.97 Å². The molecule has 3 rings (SSSR count). The number of aliphatic hydroxyl groups is 1. The summed E-state index contributed by atoms with van der Waals surface area (Å²) in [7, 11) is 0. The minimum Gasteiger partial charge on any atom is -0.456 e. The zero-order chi connectivity index (χ0) is 25.4. The molecule has 1 amide bonds. The number of para-hydroxylation sites is 1. The van der Waals surface area contributed by atoms with Crippen LogP contribution in [-0.2, 0) is 16.0 Å². The van der Waals surface area contributed by atoms with E-state index >= 15 is 0 Å². The van der Waals surface area contributed by atoms with Gasteiger partial charge in [0.15, 0.2) is 0 Å². The Hall–Kier alpha value is -3.25. The van der Waals surface area contributed by atoms with Crippen molar-refractivity contribution in [3.63, 3.8) is 0 Å². The quantitative estimate of drug-likeness (QED) is 0.383. The Kier molecular flexibility index (Phi) is 9.38. The van der Waals surface area contributed by atoms with Crippen LogP contribution in [-0.4, -0.2) is 40.2 Å². The summed E-state index contributed by atoms with van der Waals surface area (Å²) in [5.41, 5.74) is 2.05. The molecule has 0 aliphatic carbocycles. The average molecular weight is 477 g/mol. The second-order valence-corrected chi connectivity index (χ2v) is 9.84. The number of fused-ring (bicyclic) bond motifs is 1. The summed E-state index contributed by atoms with van der Waals surface area (Å²) in [6.45, 7) is 7.93. The third kappa shape index (κ3) is 7.89. The molecule has 3 aromatic rings. The summed E-state index contributed by atoms with van der Waals surface area (Å²) in [5.74, 6) is -0.734. The molecule has 2 aromatic carbocycles. The first-order valence-corrected chi connectivity index (χ1v) is 12.3. The summed E-state index contributed by atoms with van der Waals surface area (Å²) in [5, 5.41) is 15.0. The molecule has 1 heterocycles. The predicted octanol–water partition coefficient (Wildman–Crippen LogP) is 4.94. The van der Waals surface area contributed by atoms with Gasteiger partial charge < -0.3 is 15.2 Å². The fraction of sp³-hybridized carbons (Fsp3) is 0.414. The van der Waals surface area contributed by atoms with Crippen LogP contribution in [0.3, 0.4) is 0 Å². The molecule has 35 heavy (non-hydrogen) atoms. The molecule has 0 saturated carbocycles. The van der Waals surface area contributed by atoms with Crippen molar-refractivity contribution in [3.05, 3.63) is 78.0 Å². The first-order chi connectivity index (χ1) is 16.7. The monoisotopic (exact) mass is 476 g/mol. The number of hydrogen-bond donors (Lipinski definition) is 2. The molecule has 186 valence electrons. The van der Waals surface area contributed by atoms with Crippen molar-refractivity contribution in [3.8, 4) is 0 Å². The second-order valence-electron chi connectivity index (χ2n) is 9.84. The van der Waals surface area contributed by atoms with Crippen LogP contribution < -0.4 is 5.32 Å². The molecule has 2 N–H and O–H groups in total. The lowest BCUT2D eigenvalue weighted by Crippen LogP contribution is -2.41. The fourth-order valence-electron chi connectivity index (χ4n) is 4.22. The molecule has 0 saturated heterocycles. The van der Waals surface area contributed by atoms with Crippen LogP contribution in [0.25, 0.3) is 10.9 Å². The number of nitrogens with one attached hydrogen (secondary N) is 1. The van der Waals surface area contributed by atoms with Crippen LogP contribution in [0.15, 0.2) is 66.9 Å². The van der Waals surface area contributed by atoms with Gasteiger partial charge in [-0.25, -0.2) is 4.79 Å². The number of aliphatic hydroxyl groups excluding tert-OH is 1. The van der Waals surface area contributed by atoms with Gasteiger partial charge in [-0.3, -0.25) is 9.78 Å². The van der Waals surface area contributed by atoms with Gasteiger partial charge in [-0.15, -0.1) is 0 Å². The van der Waals surface area contributed by atoms with Crippen molar-refractivity contribution in [2.24, 2.45) is 11.8 Å². The van der Waals surface area contributed by atoms with E-state index in [1.807, 2.05) is 68.4 Å². The molecule has 0 aliphatic rings. The zero-order valence-electron chi connectivity index (χ0n) is 21.0. The van der Waals surface area contributed by atoms with E-state index in [4.69, 9.17) is 4.74 Å². The standard InChI is InChI=1S/C29H36N2O4/c1-19(2)14-23(28(33)31-20(3)4)17-26(32)27(15-21-10-6-5-7-11-21)35-29(34)24-16-22-12-8-9-13-25(22)30-18-24/h5-13,16,18-20,23,26-27,32H,14-15,17H2,1-4H3,(H,31,33)/t23-,26+,27+/m1/s1. The van der Waals surface area contributed by atoms with Crippen LogP contribution >= 0.6 is 0 Å². The van der Waals surface area contributed by atoms with Gasteiger partial charge in [0.2, 0.25) is 5.91 Å². The maximum atomic E-state index is 13.1. The first kappa shape index (κ1) is 26.4. The Bertz CT molecular complexity index is 1110. The number of hydrogen-bond acceptors (Lipinski definition) is 5. The van der Waals surface area contributed by atoms with Gasteiger partial charge in [0, 0.05) is 30.0 Å². The maximum absolute atomic E-state index is 13.1. The van der Waals surface area contributed by atoms with E-state index in [0.717, 1.165) is 16.5 Å².